The van der Waals surface area contributed by atoms with Crippen molar-refractivity contribution in [2.45, 2.75) is 30.7 Å². The normalized spacial score (nSPS) is 23.6. The summed E-state index contributed by atoms with van der Waals surface area (Å²) >= 11 is 10.1. The van der Waals surface area contributed by atoms with Gasteiger partial charge < -0.3 is 14.2 Å². The second-order valence-corrected chi connectivity index (χ2v) is 6.24. The van der Waals surface area contributed by atoms with Crippen LogP contribution in [0.1, 0.15) is 30.2 Å². The highest BCUT2D eigenvalue weighted by molar-refractivity contribution is 9.09. The molecule has 0 saturated carbocycles. The Labute approximate surface area is 133 Å². The fraction of sp³-hybridized carbons (Fsp3) is 0.600. The van der Waals surface area contributed by atoms with Gasteiger partial charge in [0.1, 0.15) is 16.5 Å². The summed E-state index contributed by atoms with van der Waals surface area (Å²) in [6.07, 6.45) is 2.34. The molecule has 112 valence electrons. The molecule has 1 aliphatic heterocycles. The molecular formula is C15H20BrClO3. The monoisotopic (exact) mass is 362 g/mol. The molecule has 0 spiro atoms. The highest BCUT2D eigenvalue weighted by atomic mass is 79.9. The molecule has 0 aromatic heterocycles. The zero-order valence-electron chi connectivity index (χ0n) is 12.0. The molecular weight excluding hydrogens is 344 g/mol. The van der Waals surface area contributed by atoms with Crippen molar-refractivity contribution in [1.29, 1.82) is 0 Å². The van der Waals surface area contributed by atoms with Crippen molar-refractivity contribution in [2.24, 2.45) is 5.92 Å². The summed E-state index contributed by atoms with van der Waals surface area (Å²) in [5.41, 5.74) is 1.05. The molecule has 20 heavy (non-hydrogen) atoms. The number of ether oxygens (including phenoxy) is 3. The summed E-state index contributed by atoms with van der Waals surface area (Å²) in [6.45, 7) is 2.97. The van der Waals surface area contributed by atoms with Crippen LogP contribution in [0.4, 0.5) is 0 Å². The van der Waals surface area contributed by atoms with Crippen LogP contribution in [0.2, 0.25) is 5.02 Å². The average Bonchev–Trinajstić information content (AvgIpc) is 2.94. The van der Waals surface area contributed by atoms with E-state index in [1.165, 1.54) is 0 Å². The maximum Gasteiger partial charge on any atom is 0.145 e. The van der Waals surface area contributed by atoms with E-state index in [9.17, 15) is 0 Å². The van der Waals surface area contributed by atoms with Crippen molar-refractivity contribution in [3.8, 4) is 11.5 Å². The van der Waals surface area contributed by atoms with Gasteiger partial charge in [0.15, 0.2) is 0 Å². The van der Waals surface area contributed by atoms with Crippen LogP contribution in [-0.2, 0) is 4.74 Å². The molecule has 1 heterocycles. The van der Waals surface area contributed by atoms with E-state index in [2.05, 4.69) is 22.9 Å². The van der Waals surface area contributed by atoms with Gasteiger partial charge in [0.2, 0.25) is 0 Å². The maximum absolute atomic E-state index is 6.33. The lowest BCUT2D eigenvalue weighted by Gasteiger charge is -2.25. The fourth-order valence-electron chi connectivity index (χ4n) is 2.79. The van der Waals surface area contributed by atoms with E-state index < -0.39 is 0 Å². The Hall–Kier alpha value is -0.450. The number of alkyl halides is 1. The Morgan fingerprint density at radius 2 is 2.15 bits per heavy atom. The summed E-state index contributed by atoms with van der Waals surface area (Å²) < 4.78 is 16.5. The van der Waals surface area contributed by atoms with Gasteiger partial charge in [-0.25, -0.2) is 0 Å². The van der Waals surface area contributed by atoms with Crippen LogP contribution in [0.5, 0.6) is 11.5 Å². The number of halogens is 2. The van der Waals surface area contributed by atoms with Crippen molar-refractivity contribution in [2.75, 3.05) is 20.8 Å². The van der Waals surface area contributed by atoms with Crippen LogP contribution in [0, 0.1) is 5.92 Å². The third kappa shape index (κ3) is 2.92. The number of benzene rings is 1. The molecule has 1 aromatic carbocycles. The zero-order valence-corrected chi connectivity index (χ0v) is 14.3. The second kappa shape index (κ2) is 7.01. The smallest absolute Gasteiger partial charge is 0.145 e. The first-order chi connectivity index (χ1) is 9.63. The third-order valence-corrected chi connectivity index (χ3v) is 5.38. The lowest BCUT2D eigenvalue weighted by Crippen LogP contribution is -2.19. The molecule has 5 heteroatoms. The van der Waals surface area contributed by atoms with Gasteiger partial charge in [-0.3, -0.25) is 0 Å². The van der Waals surface area contributed by atoms with Gasteiger partial charge in [0, 0.05) is 22.9 Å². The van der Waals surface area contributed by atoms with Gasteiger partial charge in [-0.15, -0.1) is 0 Å². The minimum atomic E-state index is 0.160. The summed E-state index contributed by atoms with van der Waals surface area (Å²) in [4.78, 5) is 0.160. The van der Waals surface area contributed by atoms with Crippen LogP contribution < -0.4 is 9.47 Å². The van der Waals surface area contributed by atoms with Gasteiger partial charge in [-0.2, -0.15) is 0 Å². The van der Waals surface area contributed by atoms with Crippen molar-refractivity contribution in [1.82, 2.24) is 0 Å². The Bertz CT molecular complexity index is 467. The minimum absolute atomic E-state index is 0.160. The van der Waals surface area contributed by atoms with Crippen molar-refractivity contribution in [3.63, 3.8) is 0 Å². The Kier molecular flexibility index (Phi) is 5.58. The molecule has 1 fully saturated rings. The van der Waals surface area contributed by atoms with Gasteiger partial charge in [-0.1, -0.05) is 40.5 Å². The Morgan fingerprint density at radius 3 is 2.75 bits per heavy atom. The molecule has 0 N–H and O–H groups in total. The standard InChI is InChI=1S/C15H20BrClO3/c1-4-11-9(7-8-20-11)13(16)10-5-6-12(18-2)14(17)15(10)19-3/h5-6,9,11,13H,4,7-8H2,1-3H3. The third-order valence-electron chi connectivity index (χ3n) is 3.85. The quantitative estimate of drug-likeness (QED) is 0.715. The summed E-state index contributed by atoms with van der Waals surface area (Å²) in [5.74, 6) is 1.73. The van der Waals surface area contributed by atoms with E-state index in [1.807, 2.05) is 12.1 Å². The lowest BCUT2D eigenvalue weighted by atomic mass is 9.91. The molecule has 1 aromatic rings. The van der Waals surface area contributed by atoms with Crippen LogP contribution in [-0.4, -0.2) is 26.9 Å². The number of methoxy groups -OCH3 is 2. The average molecular weight is 364 g/mol. The number of rotatable bonds is 5. The zero-order chi connectivity index (χ0) is 14.7. The molecule has 0 bridgehead atoms. The number of hydrogen-bond acceptors (Lipinski definition) is 3. The van der Waals surface area contributed by atoms with Gasteiger partial charge in [0.05, 0.1) is 20.3 Å². The fourth-order valence-corrected chi connectivity index (χ4v) is 4.08. The maximum atomic E-state index is 6.33. The molecule has 0 aliphatic carbocycles. The number of hydrogen-bond donors (Lipinski definition) is 0. The van der Waals surface area contributed by atoms with E-state index in [4.69, 9.17) is 25.8 Å². The molecule has 3 unspecified atom stereocenters. The van der Waals surface area contributed by atoms with Crippen molar-refractivity contribution < 1.29 is 14.2 Å². The molecule has 2 rings (SSSR count). The first-order valence-corrected chi connectivity index (χ1v) is 8.09. The molecule has 3 atom stereocenters. The van der Waals surface area contributed by atoms with Crippen LogP contribution in [0.25, 0.3) is 0 Å². The largest absolute Gasteiger partial charge is 0.495 e. The second-order valence-electron chi connectivity index (χ2n) is 4.88. The predicted molar refractivity (Wildman–Crippen MR) is 84.4 cm³/mol. The van der Waals surface area contributed by atoms with Crippen LogP contribution in [0.3, 0.4) is 0 Å². The highest BCUT2D eigenvalue weighted by Gasteiger charge is 2.35. The minimum Gasteiger partial charge on any atom is -0.495 e. The van der Waals surface area contributed by atoms with Gasteiger partial charge >= 0.3 is 0 Å². The summed E-state index contributed by atoms with van der Waals surface area (Å²) in [6, 6.07) is 3.89. The molecule has 0 radical (unpaired) electrons. The highest BCUT2D eigenvalue weighted by Crippen LogP contribution is 2.47. The molecule has 0 amide bonds. The van der Waals surface area contributed by atoms with Crippen LogP contribution in [0.15, 0.2) is 12.1 Å². The van der Waals surface area contributed by atoms with Crippen molar-refractivity contribution >= 4 is 27.5 Å². The predicted octanol–water partition coefficient (Wildman–Crippen LogP) is 4.61. The van der Waals surface area contributed by atoms with Crippen LogP contribution >= 0.6 is 27.5 Å². The van der Waals surface area contributed by atoms with Gasteiger partial charge in [0.25, 0.3) is 0 Å². The SMILES string of the molecule is CCC1OCCC1C(Br)c1ccc(OC)c(Cl)c1OC. The van der Waals surface area contributed by atoms with Gasteiger partial charge in [-0.05, 0) is 18.9 Å². The first kappa shape index (κ1) is 15.9. The van der Waals surface area contributed by atoms with Crippen molar-refractivity contribution in [3.05, 3.63) is 22.7 Å². The summed E-state index contributed by atoms with van der Waals surface area (Å²) in [5, 5.41) is 0.518. The molecule has 3 nitrogen and oxygen atoms in total. The summed E-state index contributed by atoms with van der Waals surface area (Å²) in [7, 11) is 3.23. The molecule has 1 aliphatic rings. The van der Waals surface area contributed by atoms with E-state index in [0.717, 1.165) is 25.0 Å². The first-order valence-electron chi connectivity index (χ1n) is 6.80. The molecule has 1 saturated heterocycles. The van der Waals surface area contributed by atoms with E-state index >= 15 is 0 Å². The Morgan fingerprint density at radius 1 is 1.40 bits per heavy atom. The van der Waals surface area contributed by atoms with E-state index in [1.54, 1.807) is 14.2 Å². The topological polar surface area (TPSA) is 27.7 Å². The van der Waals surface area contributed by atoms with E-state index in [0.29, 0.717) is 22.4 Å². The van der Waals surface area contributed by atoms with E-state index in [-0.39, 0.29) is 10.9 Å². The lowest BCUT2D eigenvalue weighted by molar-refractivity contribution is 0.0871. The Balaban J connectivity index is 2.34.